The molecular formula is C17H23N3O4. The van der Waals surface area contributed by atoms with E-state index in [1.807, 2.05) is 19.1 Å². The highest BCUT2D eigenvalue weighted by Crippen LogP contribution is 2.13. The quantitative estimate of drug-likeness (QED) is 0.654. The van der Waals surface area contributed by atoms with Gasteiger partial charge in [-0.3, -0.25) is 9.88 Å². The molecule has 1 saturated heterocycles. The number of carbonyl (C=O) groups excluding carboxylic acids is 1. The molecule has 0 radical (unpaired) electrons. The third-order valence-electron chi connectivity index (χ3n) is 3.89. The number of pyridine rings is 1. The summed E-state index contributed by atoms with van der Waals surface area (Å²) >= 11 is 0. The van der Waals surface area contributed by atoms with Crippen LogP contribution in [0.2, 0.25) is 0 Å². The molecule has 2 rings (SSSR count). The molecular weight excluding hydrogens is 310 g/mol. The minimum absolute atomic E-state index is 0.0176. The Morgan fingerprint density at radius 3 is 2.79 bits per heavy atom. The first kappa shape index (κ1) is 17.9. The number of nitrogens with zero attached hydrogens (tertiary/aromatic N) is 3. The molecule has 1 aliphatic heterocycles. The smallest absolute Gasteiger partial charge is 0.407 e. The Morgan fingerprint density at radius 2 is 2.21 bits per heavy atom. The van der Waals surface area contributed by atoms with Crippen LogP contribution in [0.1, 0.15) is 25.1 Å². The summed E-state index contributed by atoms with van der Waals surface area (Å²) in [5.74, 6) is -0.381. The number of amides is 1. The van der Waals surface area contributed by atoms with Crippen LogP contribution < -0.4 is 0 Å². The van der Waals surface area contributed by atoms with Crippen molar-refractivity contribution in [1.82, 2.24) is 14.8 Å². The summed E-state index contributed by atoms with van der Waals surface area (Å²) in [5.41, 5.74) is 1.75. The normalized spacial score (nSPS) is 18.8. The van der Waals surface area contributed by atoms with Crippen LogP contribution in [-0.2, 0) is 16.1 Å². The van der Waals surface area contributed by atoms with Crippen LogP contribution in [0.4, 0.5) is 4.79 Å². The van der Waals surface area contributed by atoms with E-state index in [9.17, 15) is 9.59 Å². The molecule has 7 nitrogen and oxygen atoms in total. The molecule has 1 aromatic heterocycles. The van der Waals surface area contributed by atoms with Gasteiger partial charge in [-0.25, -0.2) is 9.59 Å². The fraction of sp³-hybridized carbons (Fsp3) is 0.471. The maximum absolute atomic E-state index is 11.3. The number of ether oxygens (including phenoxy) is 1. The molecule has 1 N–H and O–H groups in total. The number of esters is 1. The lowest BCUT2D eigenvalue weighted by Crippen LogP contribution is -2.53. The van der Waals surface area contributed by atoms with E-state index in [1.54, 1.807) is 19.2 Å². The second-order valence-corrected chi connectivity index (χ2v) is 5.74. The molecule has 0 aromatic carbocycles. The summed E-state index contributed by atoms with van der Waals surface area (Å²) in [4.78, 5) is 30.3. The van der Waals surface area contributed by atoms with Crippen molar-refractivity contribution in [1.29, 1.82) is 0 Å². The number of rotatable bonds is 5. The summed E-state index contributed by atoms with van der Waals surface area (Å²) in [6, 6.07) is 3.80. The van der Waals surface area contributed by atoms with Crippen molar-refractivity contribution in [3.8, 4) is 0 Å². The fourth-order valence-electron chi connectivity index (χ4n) is 2.69. The SMILES string of the molecule is CCOC(=O)C=Cc1ccc(CN2CCN(C(=O)O)[C@@H](C)C2)cn1. The summed E-state index contributed by atoms with van der Waals surface area (Å²) in [6.45, 7) is 6.69. The number of hydrogen-bond donors (Lipinski definition) is 1. The number of piperazine rings is 1. The fourth-order valence-corrected chi connectivity index (χ4v) is 2.69. The van der Waals surface area contributed by atoms with Crippen molar-refractivity contribution in [2.24, 2.45) is 0 Å². The molecule has 1 atom stereocenters. The number of carboxylic acid groups (broad SMARTS) is 1. The van der Waals surface area contributed by atoms with E-state index < -0.39 is 6.09 Å². The maximum atomic E-state index is 11.3. The molecule has 0 saturated carbocycles. The lowest BCUT2D eigenvalue weighted by Gasteiger charge is -2.38. The molecule has 1 aliphatic rings. The van der Waals surface area contributed by atoms with Crippen LogP contribution in [0.5, 0.6) is 0 Å². The van der Waals surface area contributed by atoms with Gasteiger partial charge in [0, 0.05) is 44.5 Å². The van der Waals surface area contributed by atoms with Gasteiger partial charge in [0.25, 0.3) is 0 Å². The average Bonchev–Trinajstić information content (AvgIpc) is 2.54. The Hall–Kier alpha value is -2.41. The number of carbonyl (C=O) groups is 2. The first-order chi connectivity index (χ1) is 11.5. The zero-order valence-corrected chi connectivity index (χ0v) is 14.0. The molecule has 0 unspecified atom stereocenters. The highest BCUT2D eigenvalue weighted by Gasteiger charge is 2.26. The summed E-state index contributed by atoms with van der Waals surface area (Å²) in [5, 5.41) is 9.10. The summed E-state index contributed by atoms with van der Waals surface area (Å²) < 4.78 is 4.82. The highest BCUT2D eigenvalue weighted by molar-refractivity contribution is 5.86. The molecule has 24 heavy (non-hydrogen) atoms. The zero-order valence-electron chi connectivity index (χ0n) is 14.0. The molecule has 1 amide bonds. The Morgan fingerprint density at radius 1 is 1.42 bits per heavy atom. The Labute approximate surface area is 141 Å². The van der Waals surface area contributed by atoms with Gasteiger partial charge in [0.2, 0.25) is 0 Å². The van der Waals surface area contributed by atoms with Crippen molar-refractivity contribution in [2.75, 3.05) is 26.2 Å². The van der Waals surface area contributed by atoms with Crippen molar-refractivity contribution >= 4 is 18.1 Å². The molecule has 0 bridgehead atoms. The van der Waals surface area contributed by atoms with Gasteiger partial charge in [0.15, 0.2) is 0 Å². The van der Waals surface area contributed by atoms with Crippen LogP contribution in [-0.4, -0.2) is 64.2 Å². The number of hydrogen-bond acceptors (Lipinski definition) is 5. The van der Waals surface area contributed by atoms with Gasteiger partial charge in [-0.15, -0.1) is 0 Å². The average molecular weight is 333 g/mol. The van der Waals surface area contributed by atoms with Crippen molar-refractivity contribution in [2.45, 2.75) is 26.4 Å². The van der Waals surface area contributed by atoms with Crippen LogP contribution in [0, 0.1) is 0 Å². The van der Waals surface area contributed by atoms with Gasteiger partial charge in [-0.05, 0) is 31.6 Å². The van der Waals surface area contributed by atoms with Crippen molar-refractivity contribution in [3.63, 3.8) is 0 Å². The van der Waals surface area contributed by atoms with E-state index in [0.717, 1.165) is 12.1 Å². The van der Waals surface area contributed by atoms with Gasteiger partial charge in [0.05, 0.1) is 12.3 Å². The molecule has 0 aliphatic carbocycles. The second kappa shape index (κ2) is 8.44. The van der Waals surface area contributed by atoms with E-state index in [0.29, 0.717) is 31.9 Å². The molecule has 1 fully saturated rings. The summed E-state index contributed by atoms with van der Waals surface area (Å²) in [6.07, 6.45) is 3.90. The lowest BCUT2D eigenvalue weighted by atomic mass is 10.1. The van der Waals surface area contributed by atoms with E-state index in [2.05, 4.69) is 9.88 Å². The highest BCUT2D eigenvalue weighted by atomic mass is 16.5. The Kier molecular flexibility index (Phi) is 6.31. The predicted molar refractivity (Wildman–Crippen MR) is 89.4 cm³/mol. The molecule has 0 spiro atoms. The molecule has 2 heterocycles. The molecule has 130 valence electrons. The van der Waals surface area contributed by atoms with E-state index in [1.165, 1.54) is 11.0 Å². The van der Waals surface area contributed by atoms with Crippen molar-refractivity contribution < 1.29 is 19.4 Å². The van der Waals surface area contributed by atoms with Gasteiger partial charge in [-0.2, -0.15) is 0 Å². The Bertz CT molecular complexity index is 600. The predicted octanol–water partition coefficient (Wildman–Crippen LogP) is 1.84. The molecule has 1 aromatic rings. The Balaban J connectivity index is 1.88. The second-order valence-electron chi connectivity index (χ2n) is 5.74. The van der Waals surface area contributed by atoms with Crippen LogP contribution in [0.15, 0.2) is 24.4 Å². The van der Waals surface area contributed by atoms with Crippen LogP contribution in [0.25, 0.3) is 6.08 Å². The molecule has 7 heteroatoms. The van der Waals surface area contributed by atoms with E-state index in [-0.39, 0.29) is 12.0 Å². The van der Waals surface area contributed by atoms with Gasteiger partial charge < -0.3 is 14.7 Å². The number of aromatic nitrogens is 1. The third kappa shape index (κ3) is 5.06. The van der Waals surface area contributed by atoms with Gasteiger partial charge >= 0.3 is 12.1 Å². The minimum Gasteiger partial charge on any atom is -0.465 e. The lowest BCUT2D eigenvalue weighted by molar-refractivity contribution is -0.137. The standard InChI is InChI=1S/C17H23N3O4/c1-3-24-16(21)7-6-15-5-4-14(10-18-15)12-19-8-9-20(17(22)23)13(2)11-19/h4-7,10,13H,3,8-9,11-12H2,1-2H3,(H,22,23)/t13-/m0/s1. The first-order valence-corrected chi connectivity index (χ1v) is 8.01. The summed E-state index contributed by atoms with van der Waals surface area (Å²) in [7, 11) is 0. The minimum atomic E-state index is -0.860. The van der Waals surface area contributed by atoms with Crippen LogP contribution in [0.3, 0.4) is 0 Å². The van der Waals surface area contributed by atoms with Crippen LogP contribution >= 0.6 is 0 Å². The van der Waals surface area contributed by atoms with Crippen molar-refractivity contribution in [3.05, 3.63) is 35.7 Å². The third-order valence-corrected chi connectivity index (χ3v) is 3.89. The zero-order chi connectivity index (χ0) is 17.5. The monoisotopic (exact) mass is 333 g/mol. The first-order valence-electron chi connectivity index (χ1n) is 8.01. The van der Waals surface area contributed by atoms with Gasteiger partial charge in [-0.1, -0.05) is 6.07 Å². The van der Waals surface area contributed by atoms with E-state index in [4.69, 9.17) is 9.84 Å². The van der Waals surface area contributed by atoms with Gasteiger partial charge in [0.1, 0.15) is 0 Å². The topological polar surface area (TPSA) is 83.0 Å². The largest absolute Gasteiger partial charge is 0.465 e. The maximum Gasteiger partial charge on any atom is 0.407 e. The van der Waals surface area contributed by atoms with E-state index >= 15 is 0 Å².